The second-order valence-corrected chi connectivity index (χ2v) is 5.32. The zero-order chi connectivity index (χ0) is 14.2. The smallest absolute Gasteiger partial charge is 0.165 e. The molecule has 3 aromatic rings. The molecule has 0 radical (unpaired) electrons. The van der Waals surface area contributed by atoms with Crippen LogP contribution < -0.4 is 9.47 Å². The monoisotopic (exact) mass is 280 g/mol. The summed E-state index contributed by atoms with van der Waals surface area (Å²) in [6.07, 6.45) is 2.69. The van der Waals surface area contributed by atoms with E-state index in [0.29, 0.717) is 13.2 Å². The molecule has 0 saturated carbocycles. The Labute approximate surface area is 122 Å². The average molecular weight is 280 g/mol. The van der Waals surface area contributed by atoms with E-state index in [1.807, 2.05) is 25.3 Å². The summed E-state index contributed by atoms with van der Waals surface area (Å²) in [5.41, 5.74) is 4.58. The summed E-state index contributed by atoms with van der Waals surface area (Å²) >= 11 is 0. The topological polar surface area (TPSA) is 47.1 Å². The molecule has 0 amide bonds. The molecule has 21 heavy (non-hydrogen) atoms. The molecule has 2 aromatic carbocycles. The van der Waals surface area contributed by atoms with Crippen LogP contribution in [0.1, 0.15) is 16.7 Å². The number of aryl methyl sites for hydroxylation is 1. The van der Waals surface area contributed by atoms with Crippen LogP contribution in [0.15, 0.2) is 36.5 Å². The van der Waals surface area contributed by atoms with Crippen molar-refractivity contribution >= 4 is 10.9 Å². The van der Waals surface area contributed by atoms with Gasteiger partial charge in [-0.2, -0.15) is 5.10 Å². The van der Waals surface area contributed by atoms with Crippen LogP contribution in [0.4, 0.5) is 0 Å². The van der Waals surface area contributed by atoms with E-state index < -0.39 is 0 Å². The molecule has 0 unspecified atom stereocenters. The van der Waals surface area contributed by atoms with Crippen LogP contribution in [0.5, 0.6) is 11.5 Å². The van der Waals surface area contributed by atoms with Crippen molar-refractivity contribution in [3.63, 3.8) is 0 Å². The summed E-state index contributed by atoms with van der Waals surface area (Å²) < 4.78 is 11.6. The summed E-state index contributed by atoms with van der Waals surface area (Å²) in [5, 5.41) is 8.29. The van der Waals surface area contributed by atoms with Crippen LogP contribution in [-0.2, 0) is 6.42 Å². The Morgan fingerprint density at radius 3 is 2.81 bits per heavy atom. The van der Waals surface area contributed by atoms with Crippen molar-refractivity contribution in [2.45, 2.75) is 13.3 Å². The summed E-state index contributed by atoms with van der Waals surface area (Å²) in [6, 6.07) is 10.4. The van der Waals surface area contributed by atoms with Gasteiger partial charge in [-0.05, 0) is 24.1 Å². The fourth-order valence-corrected chi connectivity index (χ4v) is 2.85. The fraction of sp³-hybridized carbons (Fsp3) is 0.235. The third-order valence-corrected chi connectivity index (χ3v) is 3.92. The van der Waals surface area contributed by atoms with Gasteiger partial charge in [0.1, 0.15) is 13.2 Å². The molecule has 0 spiro atoms. The third kappa shape index (κ3) is 2.03. The first-order chi connectivity index (χ1) is 10.3. The molecule has 4 rings (SSSR count). The van der Waals surface area contributed by atoms with Gasteiger partial charge in [0.15, 0.2) is 11.5 Å². The van der Waals surface area contributed by atoms with Crippen molar-refractivity contribution in [3.05, 3.63) is 53.2 Å². The molecule has 1 aliphatic rings. The van der Waals surface area contributed by atoms with Gasteiger partial charge in [0.2, 0.25) is 0 Å². The lowest BCUT2D eigenvalue weighted by Crippen LogP contribution is -2.17. The largest absolute Gasteiger partial charge is 0.486 e. The molecule has 0 atom stereocenters. The zero-order valence-corrected chi connectivity index (χ0v) is 11.8. The van der Waals surface area contributed by atoms with Gasteiger partial charge in [-0.25, -0.2) is 0 Å². The number of hydrogen-bond acceptors (Lipinski definition) is 3. The van der Waals surface area contributed by atoms with Crippen LogP contribution in [-0.4, -0.2) is 23.4 Å². The number of fused-ring (bicyclic) bond motifs is 2. The maximum absolute atomic E-state index is 5.85. The van der Waals surface area contributed by atoms with E-state index in [1.165, 1.54) is 5.56 Å². The highest BCUT2D eigenvalue weighted by Gasteiger charge is 2.19. The Bertz CT molecular complexity index is 808. The molecular weight excluding hydrogens is 264 g/mol. The average Bonchev–Trinajstić information content (AvgIpc) is 3.00. The molecule has 0 fully saturated rings. The fourth-order valence-electron chi connectivity index (χ4n) is 2.85. The molecule has 106 valence electrons. The number of rotatable bonds is 2. The first-order valence-corrected chi connectivity index (χ1v) is 7.12. The van der Waals surface area contributed by atoms with Crippen LogP contribution in [0.2, 0.25) is 0 Å². The van der Waals surface area contributed by atoms with Crippen LogP contribution in [0.25, 0.3) is 10.9 Å². The summed E-state index contributed by atoms with van der Waals surface area (Å²) in [7, 11) is 0. The SMILES string of the molecule is Cc1ccc(Cc2cccc3[nH]ncc23)c2c1OCCO2. The number of aromatic amines is 1. The van der Waals surface area contributed by atoms with Crippen molar-refractivity contribution in [1.82, 2.24) is 10.2 Å². The molecule has 1 aliphatic heterocycles. The molecule has 1 N–H and O–H groups in total. The molecule has 0 saturated heterocycles. The molecular formula is C17H16N2O2. The van der Waals surface area contributed by atoms with E-state index in [0.717, 1.165) is 39.9 Å². The third-order valence-electron chi connectivity index (χ3n) is 3.92. The lowest BCUT2D eigenvalue weighted by atomic mass is 9.99. The Balaban J connectivity index is 1.79. The van der Waals surface area contributed by atoms with Crippen LogP contribution in [0, 0.1) is 6.92 Å². The standard InChI is InChI=1S/C17H16N2O2/c1-11-5-6-13(17-16(11)20-7-8-21-17)9-12-3-2-4-15-14(12)10-18-19-15/h2-6,10H,7-9H2,1H3,(H,18,19). The summed E-state index contributed by atoms with van der Waals surface area (Å²) in [6.45, 7) is 3.28. The zero-order valence-electron chi connectivity index (χ0n) is 11.8. The number of aromatic nitrogens is 2. The minimum Gasteiger partial charge on any atom is -0.486 e. The Hall–Kier alpha value is -2.49. The lowest BCUT2D eigenvalue weighted by molar-refractivity contribution is 0.169. The number of ether oxygens (including phenoxy) is 2. The number of nitrogens with one attached hydrogen (secondary N) is 1. The molecule has 0 bridgehead atoms. The normalized spacial score (nSPS) is 13.6. The van der Waals surface area contributed by atoms with Gasteiger partial charge in [0, 0.05) is 17.4 Å². The quantitative estimate of drug-likeness (QED) is 0.784. The highest BCUT2D eigenvalue weighted by molar-refractivity contribution is 5.82. The van der Waals surface area contributed by atoms with Crippen molar-refractivity contribution < 1.29 is 9.47 Å². The van der Waals surface area contributed by atoms with E-state index >= 15 is 0 Å². The first-order valence-electron chi connectivity index (χ1n) is 7.12. The first kappa shape index (κ1) is 12.3. The molecule has 1 aromatic heterocycles. The van der Waals surface area contributed by atoms with Gasteiger partial charge < -0.3 is 9.47 Å². The van der Waals surface area contributed by atoms with Crippen molar-refractivity contribution in [3.8, 4) is 11.5 Å². The van der Waals surface area contributed by atoms with Crippen molar-refractivity contribution in [2.24, 2.45) is 0 Å². The summed E-state index contributed by atoms with van der Waals surface area (Å²) in [5.74, 6) is 1.78. The summed E-state index contributed by atoms with van der Waals surface area (Å²) in [4.78, 5) is 0. The minimum atomic E-state index is 0.610. The Morgan fingerprint density at radius 1 is 1.05 bits per heavy atom. The van der Waals surface area contributed by atoms with E-state index in [-0.39, 0.29) is 0 Å². The highest BCUT2D eigenvalue weighted by atomic mass is 16.6. The minimum absolute atomic E-state index is 0.610. The maximum Gasteiger partial charge on any atom is 0.165 e. The predicted molar refractivity (Wildman–Crippen MR) is 81.1 cm³/mol. The number of H-pyrrole nitrogens is 1. The Morgan fingerprint density at radius 2 is 1.90 bits per heavy atom. The van der Waals surface area contributed by atoms with Gasteiger partial charge in [-0.3, -0.25) is 5.10 Å². The van der Waals surface area contributed by atoms with E-state index in [4.69, 9.17) is 9.47 Å². The van der Waals surface area contributed by atoms with Gasteiger partial charge >= 0.3 is 0 Å². The highest BCUT2D eigenvalue weighted by Crippen LogP contribution is 2.38. The van der Waals surface area contributed by atoms with Crippen molar-refractivity contribution in [1.29, 1.82) is 0 Å². The second kappa shape index (κ2) is 4.81. The van der Waals surface area contributed by atoms with E-state index in [9.17, 15) is 0 Å². The van der Waals surface area contributed by atoms with Crippen LogP contribution in [0.3, 0.4) is 0 Å². The number of hydrogen-bond donors (Lipinski definition) is 1. The number of benzene rings is 2. The number of nitrogens with zero attached hydrogens (tertiary/aromatic N) is 1. The van der Waals surface area contributed by atoms with Gasteiger partial charge in [0.25, 0.3) is 0 Å². The van der Waals surface area contributed by atoms with Crippen LogP contribution >= 0.6 is 0 Å². The second-order valence-electron chi connectivity index (χ2n) is 5.32. The van der Waals surface area contributed by atoms with Gasteiger partial charge in [-0.15, -0.1) is 0 Å². The molecule has 4 heteroatoms. The van der Waals surface area contributed by atoms with E-state index in [2.05, 4.69) is 28.4 Å². The maximum atomic E-state index is 5.85. The van der Waals surface area contributed by atoms with Gasteiger partial charge in [0.05, 0.1) is 11.7 Å². The predicted octanol–water partition coefficient (Wildman–Crippen LogP) is 3.23. The Kier molecular flexibility index (Phi) is 2.81. The molecule has 4 nitrogen and oxygen atoms in total. The molecule has 0 aliphatic carbocycles. The lowest BCUT2D eigenvalue weighted by Gasteiger charge is -2.23. The molecule has 2 heterocycles. The van der Waals surface area contributed by atoms with Crippen molar-refractivity contribution in [2.75, 3.05) is 13.2 Å². The van der Waals surface area contributed by atoms with E-state index in [1.54, 1.807) is 0 Å². The van der Waals surface area contributed by atoms with Gasteiger partial charge in [-0.1, -0.05) is 24.3 Å².